The van der Waals surface area contributed by atoms with Crippen molar-refractivity contribution in [3.63, 3.8) is 0 Å². The van der Waals surface area contributed by atoms with Gasteiger partial charge in [0.25, 0.3) is 0 Å². The molecule has 0 aliphatic carbocycles. The maximum absolute atomic E-state index is 13.1. The second kappa shape index (κ2) is 12.0. The zero-order valence-corrected chi connectivity index (χ0v) is 24.3. The number of ether oxygens (including phenoxy) is 2. The Balaban J connectivity index is 1.51. The lowest BCUT2D eigenvalue weighted by atomic mass is 9.77. The summed E-state index contributed by atoms with van der Waals surface area (Å²) >= 11 is 0. The lowest BCUT2D eigenvalue weighted by Gasteiger charge is -2.41. The van der Waals surface area contributed by atoms with Crippen LogP contribution in [0.1, 0.15) is 55.1 Å². The summed E-state index contributed by atoms with van der Waals surface area (Å²) in [6.07, 6.45) is 1.43. The quantitative estimate of drug-likeness (QED) is 0.301. The topological polar surface area (TPSA) is 72.9 Å². The predicted molar refractivity (Wildman–Crippen MR) is 154 cm³/mol. The van der Waals surface area contributed by atoms with E-state index < -0.39 is 10.0 Å². The van der Waals surface area contributed by atoms with Gasteiger partial charge in [-0.15, -0.1) is 0 Å². The largest absolute Gasteiger partial charge is 0.465 e. The van der Waals surface area contributed by atoms with Crippen molar-refractivity contribution in [3.05, 3.63) is 89.5 Å². The molecule has 4 rings (SSSR count). The van der Waals surface area contributed by atoms with E-state index in [4.69, 9.17) is 9.47 Å². The standard InChI is InChI=1S/C32H39NO5S/c1-23-11-9-10-14-27(23)29-21-24(15-16-28(29)31(34)37-5)22-38-30(32(2,3)4)25-17-19-33(20-18-25)39(35,36)26-12-7-6-8-13-26/h6-16,21,25,30H,17-20,22H2,1-5H3. The molecule has 0 amide bonds. The Morgan fingerprint density at radius 2 is 1.59 bits per heavy atom. The fourth-order valence-corrected chi connectivity index (χ4v) is 7.00. The number of carbonyl (C=O) groups is 1. The molecule has 0 N–H and O–H groups in total. The molecule has 1 fully saturated rings. The number of hydrogen-bond acceptors (Lipinski definition) is 5. The molecule has 1 aliphatic heterocycles. The molecule has 0 aromatic heterocycles. The monoisotopic (exact) mass is 549 g/mol. The lowest BCUT2D eigenvalue weighted by Crippen LogP contribution is -2.45. The first-order valence-corrected chi connectivity index (χ1v) is 14.9. The normalized spacial score (nSPS) is 16.1. The van der Waals surface area contributed by atoms with E-state index in [-0.39, 0.29) is 23.4 Å². The first-order chi connectivity index (χ1) is 18.5. The van der Waals surface area contributed by atoms with Crippen LogP contribution in [-0.4, -0.2) is 45.0 Å². The van der Waals surface area contributed by atoms with Gasteiger partial charge < -0.3 is 9.47 Å². The fourth-order valence-electron chi connectivity index (χ4n) is 5.51. The van der Waals surface area contributed by atoms with Crippen LogP contribution in [0.2, 0.25) is 0 Å². The molecular weight excluding hydrogens is 510 g/mol. The fraction of sp³-hybridized carbons (Fsp3) is 0.406. The second-order valence-electron chi connectivity index (χ2n) is 11.3. The summed E-state index contributed by atoms with van der Waals surface area (Å²) < 4.78 is 39.4. The summed E-state index contributed by atoms with van der Waals surface area (Å²) in [6.45, 7) is 9.88. The molecule has 1 saturated heterocycles. The van der Waals surface area contributed by atoms with Gasteiger partial charge in [-0.3, -0.25) is 0 Å². The van der Waals surface area contributed by atoms with Crippen molar-refractivity contribution in [2.24, 2.45) is 11.3 Å². The maximum Gasteiger partial charge on any atom is 0.338 e. The van der Waals surface area contributed by atoms with Crippen LogP contribution < -0.4 is 0 Å². The molecule has 0 saturated carbocycles. The van der Waals surface area contributed by atoms with Gasteiger partial charge in [0.2, 0.25) is 10.0 Å². The number of hydrogen-bond donors (Lipinski definition) is 0. The van der Waals surface area contributed by atoms with Gasteiger partial charge in [-0.25, -0.2) is 13.2 Å². The van der Waals surface area contributed by atoms with Gasteiger partial charge in [0.15, 0.2) is 0 Å². The highest BCUT2D eigenvalue weighted by atomic mass is 32.2. The molecule has 0 radical (unpaired) electrons. The summed E-state index contributed by atoms with van der Waals surface area (Å²) in [4.78, 5) is 12.9. The van der Waals surface area contributed by atoms with Gasteiger partial charge in [-0.2, -0.15) is 4.31 Å². The molecular formula is C32H39NO5S. The Morgan fingerprint density at radius 1 is 0.949 bits per heavy atom. The van der Waals surface area contributed by atoms with E-state index in [1.165, 1.54) is 7.11 Å². The molecule has 3 aromatic rings. The molecule has 208 valence electrons. The number of methoxy groups -OCH3 is 1. The zero-order valence-electron chi connectivity index (χ0n) is 23.5. The van der Waals surface area contributed by atoms with Crippen LogP contribution in [0.3, 0.4) is 0 Å². The minimum Gasteiger partial charge on any atom is -0.465 e. The Hall–Kier alpha value is -3.00. The molecule has 1 aliphatic rings. The third-order valence-electron chi connectivity index (χ3n) is 7.52. The van der Waals surface area contributed by atoms with E-state index in [9.17, 15) is 13.2 Å². The second-order valence-corrected chi connectivity index (χ2v) is 13.3. The van der Waals surface area contributed by atoms with Crippen LogP contribution >= 0.6 is 0 Å². The van der Waals surface area contributed by atoms with E-state index in [2.05, 4.69) is 20.8 Å². The van der Waals surface area contributed by atoms with Crippen molar-refractivity contribution in [2.75, 3.05) is 20.2 Å². The average molecular weight is 550 g/mol. The summed E-state index contributed by atoms with van der Waals surface area (Å²) in [7, 11) is -2.10. The van der Waals surface area contributed by atoms with E-state index in [0.717, 1.165) is 35.1 Å². The van der Waals surface area contributed by atoms with Gasteiger partial charge >= 0.3 is 5.97 Å². The molecule has 1 heterocycles. The number of carbonyl (C=O) groups excluding carboxylic acids is 1. The minimum absolute atomic E-state index is 0.0544. The van der Waals surface area contributed by atoms with Gasteiger partial charge in [0, 0.05) is 13.1 Å². The zero-order chi connectivity index (χ0) is 28.2. The van der Waals surface area contributed by atoms with Gasteiger partial charge in [0.05, 0.1) is 30.3 Å². The van der Waals surface area contributed by atoms with Crippen molar-refractivity contribution >= 4 is 16.0 Å². The highest BCUT2D eigenvalue weighted by Crippen LogP contribution is 2.36. The first-order valence-electron chi connectivity index (χ1n) is 13.5. The number of piperidine rings is 1. The summed E-state index contributed by atoms with van der Waals surface area (Å²) in [6, 6.07) is 22.4. The van der Waals surface area contributed by atoms with Crippen molar-refractivity contribution in [1.82, 2.24) is 4.31 Å². The van der Waals surface area contributed by atoms with E-state index in [1.54, 1.807) is 28.6 Å². The van der Waals surface area contributed by atoms with Crippen molar-refractivity contribution in [1.29, 1.82) is 0 Å². The summed E-state index contributed by atoms with van der Waals surface area (Å²) in [5, 5.41) is 0. The SMILES string of the molecule is COC(=O)c1ccc(COC(C2CCN(S(=O)(=O)c3ccccc3)CC2)C(C)(C)C)cc1-c1ccccc1C. The van der Waals surface area contributed by atoms with Gasteiger partial charge in [-0.1, -0.05) is 69.3 Å². The highest BCUT2D eigenvalue weighted by molar-refractivity contribution is 7.89. The van der Waals surface area contributed by atoms with Crippen molar-refractivity contribution < 1.29 is 22.7 Å². The number of benzene rings is 3. The molecule has 39 heavy (non-hydrogen) atoms. The van der Waals surface area contributed by atoms with E-state index >= 15 is 0 Å². The van der Waals surface area contributed by atoms with E-state index in [0.29, 0.717) is 30.2 Å². The number of nitrogens with zero attached hydrogens (tertiary/aromatic N) is 1. The third kappa shape index (κ3) is 6.60. The smallest absolute Gasteiger partial charge is 0.338 e. The Morgan fingerprint density at radius 3 is 2.21 bits per heavy atom. The van der Waals surface area contributed by atoms with Crippen molar-refractivity contribution in [3.8, 4) is 11.1 Å². The Labute approximate surface area is 233 Å². The molecule has 0 bridgehead atoms. The van der Waals surface area contributed by atoms with Crippen molar-refractivity contribution in [2.45, 2.75) is 58.1 Å². The number of aryl methyl sites for hydroxylation is 1. The summed E-state index contributed by atoms with van der Waals surface area (Å²) in [5.74, 6) is -0.136. The first kappa shape index (κ1) is 29.0. The van der Waals surface area contributed by atoms with Gasteiger partial charge in [0.1, 0.15) is 0 Å². The third-order valence-corrected chi connectivity index (χ3v) is 9.43. The van der Waals surface area contributed by atoms with Crippen LogP contribution in [-0.2, 0) is 26.1 Å². The molecule has 7 heteroatoms. The molecule has 6 nitrogen and oxygen atoms in total. The Kier molecular flexibility index (Phi) is 8.94. The van der Waals surface area contributed by atoms with Crippen LogP contribution in [0.25, 0.3) is 11.1 Å². The van der Waals surface area contributed by atoms with Crippen LogP contribution in [0.5, 0.6) is 0 Å². The number of rotatable bonds is 8. The molecule has 1 unspecified atom stereocenters. The molecule has 3 aromatic carbocycles. The molecule has 1 atom stereocenters. The lowest BCUT2D eigenvalue weighted by molar-refractivity contribution is -0.0746. The highest BCUT2D eigenvalue weighted by Gasteiger charge is 2.38. The Bertz CT molecular complexity index is 1390. The van der Waals surface area contributed by atoms with Crippen LogP contribution in [0.4, 0.5) is 0 Å². The number of esters is 1. The van der Waals surface area contributed by atoms with E-state index in [1.807, 2.05) is 55.5 Å². The minimum atomic E-state index is -3.50. The van der Waals surface area contributed by atoms with Crippen LogP contribution in [0, 0.1) is 18.3 Å². The summed E-state index contributed by atoms with van der Waals surface area (Å²) in [5.41, 5.74) is 4.25. The molecule has 0 spiro atoms. The predicted octanol–water partition coefficient (Wildman–Crippen LogP) is 6.48. The maximum atomic E-state index is 13.1. The van der Waals surface area contributed by atoms with Crippen LogP contribution in [0.15, 0.2) is 77.7 Å². The number of sulfonamides is 1. The average Bonchev–Trinajstić information content (AvgIpc) is 2.93. The van der Waals surface area contributed by atoms with Gasteiger partial charge in [-0.05, 0) is 77.6 Å².